The second-order valence-electron chi connectivity index (χ2n) is 3.99. The van der Waals surface area contributed by atoms with Gasteiger partial charge >= 0.3 is 0 Å². The third-order valence-electron chi connectivity index (χ3n) is 2.68. The van der Waals surface area contributed by atoms with Crippen molar-refractivity contribution in [3.05, 3.63) is 58.1 Å². The fourth-order valence-electron chi connectivity index (χ4n) is 1.68. The van der Waals surface area contributed by atoms with E-state index in [1.165, 1.54) is 7.11 Å². The van der Waals surface area contributed by atoms with Crippen LogP contribution in [-0.4, -0.2) is 13.0 Å². The summed E-state index contributed by atoms with van der Waals surface area (Å²) in [7, 11) is 1.51. The molecular formula is C15H11BrN2O2. The van der Waals surface area contributed by atoms with Crippen LogP contribution in [0.1, 0.15) is 15.9 Å². The number of methoxy groups -OCH3 is 1. The Kier molecular flexibility index (Phi) is 4.38. The first-order valence-corrected chi connectivity index (χ1v) is 6.58. The lowest BCUT2D eigenvalue weighted by molar-refractivity contribution is 0.102. The Balaban J connectivity index is 2.21. The second kappa shape index (κ2) is 6.22. The number of benzene rings is 2. The van der Waals surface area contributed by atoms with Gasteiger partial charge in [0, 0.05) is 10.2 Å². The average molecular weight is 331 g/mol. The van der Waals surface area contributed by atoms with E-state index in [1.54, 1.807) is 42.5 Å². The van der Waals surface area contributed by atoms with Gasteiger partial charge in [-0.15, -0.1) is 0 Å². The molecule has 5 heteroatoms. The number of hydrogen-bond donors (Lipinski definition) is 1. The van der Waals surface area contributed by atoms with Crippen molar-refractivity contribution >= 4 is 27.5 Å². The first-order valence-electron chi connectivity index (χ1n) is 5.79. The zero-order valence-corrected chi connectivity index (χ0v) is 12.3. The standard InChI is InChI=1S/C15H11BrN2O2/c1-20-14-8-11(16)4-7-13(14)15(19)18-12-5-2-10(9-17)3-6-12/h2-8H,1H3,(H,18,19). The van der Waals surface area contributed by atoms with Crippen LogP contribution >= 0.6 is 15.9 Å². The summed E-state index contributed by atoms with van der Waals surface area (Å²) in [5, 5.41) is 11.5. The molecule has 0 bridgehead atoms. The molecular weight excluding hydrogens is 320 g/mol. The molecule has 0 spiro atoms. The van der Waals surface area contributed by atoms with Gasteiger partial charge in [-0.1, -0.05) is 15.9 Å². The molecule has 0 aliphatic carbocycles. The highest BCUT2D eigenvalue weighted by atomic mass is 79.9. The number of rotatable bonds is 3. The van der Waals surface area contributed by atoms with E-state index in [1.807, 2.05) is 6.07 Å². The van der Waals surface area contributed by atoms with E-state index in [2.05, 4.69) is 21.2 Å². The largest absolute Gasteiger partial charge is 0.496 e. The number of halogens is 1. The van der Waals surface area contributed by atoms with Crippen LogP contribution in [0.4, 0.5) is 5.69 Å². The number of nitrogens with one attached hydrogen (secondary N) is 1. The Bertz CT molecular complexity index is 675. The minimum atomic E-state index is -0.265. The molecule has 100 valence electrons. The number of hydrogen-bond acceptors (Lipinski definition) is 3. The monoisotopic (exact) mass is 330 g/mol. The maximum absolute atomic E-state index is 12.2. The van der Waals surface area contributed by atoms with Gasteiger partial charge in [0.25, 0.3) is 5.91 Å². The minimum Gasteiger partial charge on any atom is -0.496 e. The number of carbonyl (C=O) groups is 1. The fraction of sp³-hybridized carbons (Fsp3) is 0.0667. The quantitative estimate of drug-likeness (QED) is 0.935. The summed E-state index contributed by atoms with van der Waals surface area (Å²) in [6.45, 7) is 0. The predicted molar refractivity (Wildman–Crippen MR) is 79.8 cm³/mol. The van der Waals surface area contributed by atoms with Crippen molar-refractivity contribution in [1.29, 1.82) is 5.26 Å². The SMILES string of the molecule is COc1cc(Br)ccc1C(=O)Nc1ccc(C#N)cc1. The number of nitriles is 1. The summed E-state index contributed by atoms with van der Waals surface area (Å²) in [6.07, 6.45) is 0. The Morgan fingerprint density at radius 1 is 1.25 bits per heavy atom. The van der Waals surface area contributed by atoms with E-state index in [0.717, 1.165) is 4.47 Å². The lowest BCUT2D eigenvalue weighted by Crippen LogP contribution is -2.13. The second-order valence-corrected chi connectivity index (χ2v) is 4.90. The number of anilines is 1. The molecule has 2 aromatic rings. The third kappa shape index (κ3) is 3.16. The number of nitrogens with zero attached hydrogens (tertiary/aromatic N) is 1. The lowest BCUT2D eigenvalue weighted by Gasteiger charge is -2.09. The molecule has 0 fully saturated rings. The molecule has 0 saturated heterocycles. The minimum absolute atomic E-state index is 0.265. The molecule has 1 amide bonds. The first-order chi connectivity index (χ1) is 9.63. The van der Waals surface area contributed by atoms with Crippen LogP contribution in [0.3, 0.4) is 0 Å². The molecule has 2 aromatic carbocycles. The van der Waals surface area contributed by atoms with E-state index < -0.39 is 0 Å². The van der Waals surface area contributed by atoms with Crippen molar-refractivity contribution in [2.24, 2.45) is 0 Å². The van der Waals surface area contributed by atoms with Crippen molar-refractivity contribution in [1.82, 2.24) is 0 Å². The zero-order chi connectivity index (χ0) is 14.5. The molecule has 1 N–H and O–H groups in total. The first kappa shape index (κ1) is 14.1. The van der Waals surface area contributed by atoms with E-state index in [0.29, 0.717) is 22.6 Å². The van der Waals surface area contributed by atoms with Crippen LogP contribution in [0.25, 0.3) is 0 Å². The summed E-state index contributed by atoms with van der Waals surface area (Å²) in [4.78, 5) is 12.2. The third-order valence-corrected chi connectivity index (χ3v) is 3.17. The van der Waals surface area contributed by atoms with Gasteiger partial charge in [0.1, 0.15) is 5.75 Å². The van der Waals surface area contributed by atoms with Gasteiger partial charge in [0.2, 0.25) is 0 Å². The van der Waals surface area contributed by atoms with Crippen LogP contribution in [0.5, 0.6) is 5.75 Å². The number of amides is 1. The molecule has 0 atom stereocenters. The number of carbonyl (C=O) groups excluding carboxylic acids is 1. The molecule has 0 aliphatic heterocycles. The predicted octanol–water partition coefficient (Wildman–Crippen LogP) is 3.58. The summed E-state index contributed by atoms with van der Waals surface area (Å²) in [5.74, 6) is 0.226. The van der Waals surface area contributed by atoms with Crippen LogP contribution in [0.2, 0.25) is 0 Å². The van der Waals surface area contributed by atoms with Gasteiger partial charge in [0.05, 0.1) is 24.3 Å². The fourth-order valence-corrected chi connectivity index (χ4v) is 2.02. The topological polar surface area (TPSA) is 62.1 Å². The van der Waals surface area contributed by atoms with Crippen LogP contribution in [0.15, 0.2) is 46.9 Å². The molecule has 0 heterocycles. The summed E-state index contributed by atoms with van der Waals surface area (Å²) < 4.78 is 6.02. The highest BCUT2D eigenvalue weighted by Gasteiger charge is 2.12. The molecule has 0 aliphatic rings. The van der Waals surface area contributed by atoms with E-state index in [9.17, 15) is 4.79 Å². The molecule has 2 rings (SSSR count). The molecule has 0 aromatic heterocycles. The van der Waals surface area contributed by atoms with E-state index in [-0.39, 0.29) is 5.91 Å². The Morgan fingerprint density at radius 2 is 1.95 bits per heavy atom. The van der Waals surface area contributed by atoms with Crippen LogP contribution in [-0.2, 0) is 0 Å². The van der Waals surface area contributed by atoms with Crippen molar-refractivity contribution in [2.45, 2.75) is 0 Å². The van der Waals surface area contributed by atoms with Gasteiger partial charge in [-0.05, 0) is 42.5 Å². The maximum atomic E-state index is 12.2. The average Bonchev–Trinajstić information content (AvgIpc) is 2.47. The Hall–Kier alpha value is -2.32. The summed E-state index contributed by atoms with van der Waals surface area (Å²) in [6, 6.07) is 13.9. The van der Waals surface area contributed by atoms with Crippen LogP contribution in [0, 0.1) is 11.3 Å². The molecule has 0 unspecified atom stereocenters. The van der Waals surface area contributed by atoms with Crippen molar-refractivity contribution in [2.75, 3.05) is 12.4 Å². The summed E-state index contributed by atoms with van der Waals surface area (Å²) >= 11 is 3.33. The van der Waals surface area contributed by atoms with Gasteiger partial charge < -0.3 is 10.1 Å². The Morgan fingerprint density at radius 3 is 2.55 bits per heavy atom. The highest BCUT2D eigenvalue weighted by Crippen LogP contribution is 2.24. The van der Waals surface area contributed by atoms with Crippen molar-refractivity contribution in [3.8, 4) is 11.8 Å². The molecule has 0 saturated carbocycles. The van der Waals surface area contributed by atoms with E-state index in [4.69, 9.17) is 10.00 Å². The highest BCUT2D eigenvalue weighted by molar-refractivity contribution is 9.10. The van der Waals surface area contributed by atoms with Gasteiger partial charge in [-0.3, -0.25) is 4.79 Å². The van der Waals surface area contributed by atoms with Gasteiger partial charge in [0.15, 0.2) is 0 Å². The smallest absolute Gasteiger partial charge is 0.259 e. The van der Waals surface area contributed by atoms with Crippen molar-refractivity contribution < 1.29 is 9.53 Å². The van der Waals surface area contributed by atoms with Gasteiger partial charge in [-0.25, -0.2) is 0 Å². The maximum Gasteiger partial charge on any atom is 0.259 e. The van der Waals surface area contributed by atoms with E-state index >= 15 is 0 Å². The molecule has 0 radical (unpaired) electrons. The Labute approximate surface area is 125 Å². The molecule has 20 heavy (non-hydrogen) atoms. The lowest BCUT2D eigenvalue weighted by atomic mass is 10.1. The molecule has 4 nitrogen and oxygen atoms in total. The zero-order valence-electron chi connectivity index (χ0n) is 10.7. The van der Waals surface area contributed by atoms with Crippen molar-refractivity contribution in [3.63, 3.8) is 0 Å². The normalized spacial score (nSPS) is 9.65. The van der Waals surface area contributed by atoms with Crippen LogP contribution < -0.4 is 10.1 Å². The summed E-state index contributed by atoms with van der Waals surface area (Å²) in [5.41, 5.74) is 1.61. The van der Waals surface area contributed by atoms with Gasteiger partial charge in [-0.2, -0.15) is 5.26 Å². The number of ether oxygens (including phenoxy) is 1.